The minimum Gasteiger partial charge on any atom is -0.408 e. The molecule has 0 radical (unpaired) electrons. The fourth-order valence-electron chi connectivity index (χ4n) is 2.72. The van der Waals surface area contributed by atoms with Gasteiger partial charge < -0.3 is 4.42 Å². The molecule has 1 atom stereocenters. The summed E-state index contributed by atoms with van der Waals surface area (Å²) in [5, 5.41) is 2.28. The van der Waals surface area contributed by atoms with E-state index in [0.717, 1.165) is 5.56 Å². The molecule has 0 aliphatic carbocycles. The largest absolute Gasteiger partial charge is 0.420 e. The van der Waals surface area contributed by atoms with Crippen molar-refractivity contribution in [2.24, 2.45) is 0 Å². The Labute approximate surface area is 127 Å². The van der Waals surface area contributed by atoms with Crippen LogP contribution in [0.2, 0.25) is 0 Å². The summed E-state index contributed by atoms with van der Waals surface area (Å²) in [5.74, 6) is -1.34. The zero-order valence-electron chi connectivity index (χ0n) is 12.8. The van der Waals surface area contributed by atoms with Crippen LogP contribution in [0.15, 0.2) is 27.4 Å². The van der Waals surface area contributed by atoms with Gasteiger partial charge in [-0.2, -0.15) is 0 Å². The summed E-state index contributed by atoms with van der Waals surface area (Å²) in [4.78, 5) is 35.5. The molecule has 2 heterocycles. The van der Waals surface area contributed by atoms with Crippen LogP contribution < -0.4 is 11.1 Å². The van der Waals surface area contributed by atoms with Gasteiger partial charge in [0.1, 0.15) is 6.04 Å². The number of piperidine rings is 1. The molecule has 1 aliphatic rings. The number of oxazole rings is 1. The van der Waals surface area contributed by atoms with Gasteiger partial charge in [0.15, 0.2) is 5.58 Å². The van der Waals surface area contributed by atoms with Crippen LogP contribution in [-0.2, 0) is 15.0 Å². The zero-order chi connectivity index (χ0) is 16.1. The van der Waals surface area contributed by atoms with E-state index in [1.54, 1.807) is 6.07 Å². The average molecular weight is 302 g/mol. The van der Waals surface area contributed by atoms with Crippen molar-refractivity contribution in [1.29, 1.82) is 0 Å². The van der Waals surface area contributed by atoms with Crippen molar-refractivity contribution in [2.45, 2.75) is 45.1 Å². The molecular formula is C16H18N2O4. The summed E-state index contributed by atoms with van der Waals surface area (Å²) in [5.41, 5.74) is 1.99. The monoisotopic (exact) mass is 302 g/mol. The summed E-state index contributed by atoms with van der Waals surface area (Å²) < 4.78 is 6.59. The second-order valence-corrected chi connectivity index (χ2v) is 6.64. The van der Waals surface area contributed by atoms with Crippen molar-refractivity contribution in [1.82, 2.24) is 9.88 Å². The first-order chi connectivity index (χ1) is 10.3. The van der Waals surface area contributed by atoms with E-state index >= 15 is 0 Å². The van der Waals surface area contributed by atoms with E-state index in [1.807, 2.05) is 12.1 Å². The normalized spacial score (nSPS) is 19.5. The summed E-state index contributed by atoms with van der Waals surface area (Å²) in [6.07, 6.45) is 0.521. The Morgan fingerprint density at radius 1 is 1.23 bits per heavy atom. The van der Waals surface area contributed by atoms with Crippen LogP contribution in [0.25, 0.3) is 11.1 Å². The molecule has 1 aromatic carbocycles. The van der Waals surface area contributed by atoms with Crippen LogP contribution in [0.5, 0.6) is 0 Å². The maximum absolute atomic E-state index is 12.2. The number of benzene rings is 1. The minimum absolute atomic E-state index is 0.0862. The van der Waals surface area contributed by atoms with Gasteiger partial charge in [-0.1, -0.05) is 26.8 Å². The number of imide groups is 1. The van der Waals surface area contributed by atoms with Gasteiger partial charge in [0.2, 0.25) is 11.8 Å². The van der Waals surface area contributed by atoms with E-state index in [2.05, 4.69) is 26.1 Å². The number of nitrogens with one attached hydrogen (secondary N) is 1. The van der Waals surface area contributed by atoms with Gasteiger partial charge in [0, 0.05) is 6.42 Å². The maximum Gasteiger partial charge on any atom is 0.420 e. The predicted octanol–water partition coefficient (Wildman–Crippen LogP) is 1.87. The molecule has 116 valence electrons. The van der Waals surface area contributed by atoms with Crippen LogP contribution in [0.1, 0.15) is 45.2 Å². The second-order valence-electron chi connectivity index (χ2n) is 6.64. The van der Waals surface area contributed by atoms with E-state index in [-0.39, 0.29) is 17.7 Å². The highest BCUT2D eigenvalue weighted by Gasteiger charge is 2.31. The van der Waals surface area contributed by atoms with E-state index in [9.17, 15) is 14.4 Å². The van der Waals surface area contributed by atoms with Gasteiger partial charge in [-0.05, 0) is 29.5 Å². The molecule has 0 spiro atoms. The maximum atomic E-state index is 12.2. The first-order valence-corrected chi connectivity index (χ1v) is 7.26. The fraction of sp³-hybridized carbons (Fsp3) is 0.438. The van der Waals surface area contributed by atoms with E-state index in [1.165, 1.54) is 4.57 Å². The molecule has 2 amide bonds. The molecule has 22 heavy (non-hydrogen) atoms. The smallest absolute Gasteiger partial charge is 0.408 e. The van der Waals surface area contributed by atoms with Crippen LogP contribution in [0, 0.1) is 0 Å². The Bertz CT molecular complexity index is 823. The van der Waals surface area contributed by atoms with Gasteiger partial charge in [-0.3, -0.25) is 19.5 Å². The van der Waals surface area contributed by atoms with Crippen LogP contribution >= 0.6 is 0 Å². The number of hydrogen-bond donors (Lipinski definition) is 1. The first kappa shape index (κ1) is 14.6. The molecule has 1 unspecified atom stereocenters. The molecule has 2 aromatic rings. The first-order valence-electron chi connectivity index (χ1n) is 7.26. The van der Waals surface area contributed by atoms with Crippen LogP contribution in [-0.4, -0.2) is 16.4 Å². The molecule has 3 rings (SSSR count). The lowest BCUT2D eigenvalue weighted by atomic mass is 9.87. The SMILES string of the molecule is CC(C)(C)c1ccc2oc(=O)n(C3CCC(=O)NC3=O)c2c1. The van der Waals surface area contributed by atoms with Crippen LogP contribution in [0.3, 0.4) is 0 Å². The Morgan fingerprint density at radius 2 is 1.95 bits per heavy atom. The van der Waals surface area contributed by atoms with Gasteiger partial charge in [0.05, 0.1) is 5.52 Å². The third-order valence-electron chi connectivity index (χ3n) is 4.00. The average Bonchev–Trinajstić information content (AvgIpc) is 2.73. The van der Waals surface area contributed by atoms with Crippen molar-refractivity contribution in [3.63, 3.8) is 0 Å². The molecule has 1 fully saturated rings. The lowest BCUT2D eigenvalue weighted by molar-refractivity contribution is -0.135. The zero-order valence-corrected chi connectivity index (χ0v) is 12.8. The number of carbonyl (C=O) groups is 2. The molecule has 6 heteroatoms. The molecule has 0 bridgehead atoms. The number of amides is 2. The summed E-state index contributed by atoms with van der Waals surface area (Å²) in [6, 6.07) is 4.84. The highest BCUT2D eigenvalue weighted by atomic mass is 16.4. The second kappa shape index (κ2) is 4.83. The Hall–Kier alpha value is -2.37. The Kier molecular flexibility index (Phi) is 3.20. The molecule has 1 aromatic heterocycles. The third-order valence-corrected chi connectivity index (χ3v) is 4.00. The molecule has 6 nitrogen and oxygen atoms in total. The lowest BCUT2D eigenvalue weighted by Gasteiger charge is -2.22. The number of rotatable bonds is 1. The van der Waals surface area contributed by atoms with Gasteiger partial charge in [0.25, 0.3) is 0 Å². The van der Waals surface area contributed by atoms with Crippen molar-refractivity contribution in [3.8, 4) is 0 Å². The van der Waals surface area contributed by atoms with E-state index in [4.69, 9.17) is 4.42 Å². The van der Waals surface area contributed by atoms with E-state index < -0.39 is 17.7 Å². The third kappa shape index (κ3) is 2.34. The fourth-order valence-corrected chi connectivity index (χ4v) is 2.72. The van der Waals surface area contributed by atoms with Crippen molar-refractivity contribution in [2.75, 3.05) is 0 Å². The van der Waals surface area contributed by atoms with Gasteiger partial charge in [-0.15, -0.1) is 0 Å². The number of aromatic nitrogens is 1. The summed E-state index contributed by atoms with van der Waals surface area (Å²) >= 11 is 0. The van der Waals surface area contributed by atoms with Crippen molar-refractivity contribution < 1.29 is 14.0 Å². The molecule has 1 saturated heterocycles. The van der Waals surface area contributed by atoms with Crippen LogP contribution in [0.4, 0.5) is 0 Å². The Balaban J connectivity index is 2.16. The number of carbonyl (C=O) groups excluding carboxylic acids is 2. The number of hydrogen-bond acceptors (Lipinski definition) is 4. The highest BCUT2D eigenvalue weighted by Crippen LogP contribution is 2.28. The quantitative estimate of drug-likeness (QED) is 0.815. The number of nitrogens with zero attached hydrogens (tertiary/aromatic N) is 1. The standard InChI is InChI=1S/C16H18N2O4/c1-16(2,3)9-4-6-12-11(8-9)18(15(21)22-12)10-5-7-13(19)17-14(10)20/h4,6,8,10H,5,7H2,1-3H3,(H,17,19,20). The highest BCUT2D eigenvalue weighted by molar-refractivity contribution is 6.00. The molecule has 1 aliphatic heterocycles. The van der Waals surface area contributed by atoms with Gasteiger partial charge in [-0.25, -0.2) is 4.79 Å². The van der Waals surface area contributed by atoms with Crippen molar-refractivity contribution in [3.05, 3.63) is 34.3 Å². The number of fused-ring (bicyclic) bond motifs is 1. The molecular weight excluding hydrogens is 284 g/mol. The summed E-state index contributed by atoms with van der Waals surface area (Å²) in [6.45, 7) is 6.22. The van der Waals surface area contributed by atoms with E-state index in [0.29, 0.717) is 17.5 Å². The molecule has 1 N–H and O–H groups in total. The predicted molar refractivity (Wildman–Crippen MR) is 80.6 cm³/mol. The summed E-state index contributed by atoms with van der Waals surface area (Å²) in [7, 11) is 0. The topological polar surface area (TPSA) is 81.3 Å². The Morgan fingerprint density at radius 3 is 2.59 bits per heavy atom. The minimum atomic E-state index is -0.707. The van der Waals surface area contributed by atoms with Gasteiger partial charge >= 0.3 is 5.76 Å². The van der Waals surface area contributed by atoms with Crippen molar-refractivity contribution >= 4 is 22.9 Å². The molecule has 0 saturated carbocycles. The lowest BCUT2D eigenvalue weighted by Crippen LogP contribution is -2.43.